The number of allylic oxidation sites excluding steroid dienone is 4. The molecule has 224 valence electrons. The number of rotatable bonds is 2. The maximum atomic E-state index is 3.43. The molecule has 4 heteroatoms. The van der Waals surface area contributed by atoms with Gasteiger partial charge in [0.1, 0.15) is 0 Å². The van der Waals surface area contributed by atoms with Gasteiger partial charge < -0.3 is 24.8 Å². The molecular formula is C38H48Cl2SiZr-2. The van der Waals surface area contributed by atoms with Crippen LogP contribution in [-0.4, -0.2) is 11.8 Å². The van der Waals surface area contributed by atoms with Gasteiger partial charge in [-0.25, -0.2) is 10.8 Å². The van der Waals surface area contributed by atoms with Crippen LogP contribution in [-0.2, 0) is 35.1 Å². The van der Waals surface area contributed by atoms with Gasteiger partial charge >= 0.3 is 63.8 Å². The maximum absolute atomic E-state index is 3.43. The number of hydrogen-bond acceptors (Lipinski definition) is 0. The first-order valence-electron chi connectivity index (χ1n) is 14.5. The molecule has 4 aromatic carbocycles. The molecule has 0 saturated heterocycles. The molecule has 5 rings (SSSR count). The molecule has 0 fully saturated rings. The van der Waals surface area contributed by atoms with E-state index in [2.05, 4.69) is 158 Å². The molecule has 0 saturated carbocycles. The molecule has 0 bridgehead atoms. The van der Waals surface area contributed by atoms with E-state index in [1.165, 1.54) is 68.0 Å². The second-order valence-electron chi connectivity index (χ2n) is 14.2. The SMILES string of the molecule is CC(C)(C)c1ccc2c(c1)[cH-]c1cc(C(C)(C)C)ccc12.CC1=[C-]C(C)C=C1[Si](C)(C)C.[Cl-].[Cl-].[Zr+2]=[CH]c1ccccc1. The summed E-state index contributed by atoms with van der Waals surface area (Å²) < 4.78 is 2.17. The summed E-state index contributed by atoms with van der Waals surface area (Å²) in [5, 5.41) is 7.08. The van der Waals surface area contributed by atoms with Gasteiger partial charge in [0, 0.05) is 0 Å². The van der Waals surface area contributed by atoms with Crippen LogP contribution in [0, 0.1) is 12.0 Å². The third-order valence-electron chi connectivity index (χ3n) is 7.48. The van der Waals surface area contributed by atoms with Gasteiger partial charge in [-0.1, -0.05) is 116 Å². The Bertz CT molecular complexity index is 1450. The van der Waals surface area contributed by atoms with Gasteiger partial charge in [0.2, 0.25) is 0 Å². The van der Waals surface area contributed by atoms with E-state index in [1.54, 1.807) is 5.20 Å². The van der Waals surface area contributed by atoms with E-state index in [-0.39, 0.29) is 35.6 Å². The van der Waals surface area contributed by atoms with Crippen molar-refractivity contribution in [2.45, 2.75) is 85.9 Å². The van der Waals surface area contributed by atoms with E-state index in [0.29, 0.717) is 5.92 Å². The zero-order valence-corrected chi connectivity index (χ0v) is 32.4. The van der Waals surface area contributed by atoms with Crippen LogP contribution in [0.1, 0.15) is 72.1 Å². The fraction of sp³-hybridized carbons (Fsp3) is 0.368. The summed E-state index contributed by atoms with van der Waals surface area (Å²) in [6.45, 7) is 25.2. The van der Waals surface area contributed by atoms with Crippen molar-refractivity contribution in [2.24, 2.45) is 5.92 Å². The molecule has 1 aliphatic carbocycles. The predicted octanol–water partition coefficient (Wildman–Crippen LogP) is 4.89. The van der Waals surface area contributed by atoms with Gasteiger partial charge in [-0.05, 0) is 18.9 Å². The second-order valence-corrected chi connectivity index (χ2v) is 19.9. The number of benzene rings is 3. The molecular weight excluding hydrogens is 647 g/mol. The van der Waals surface area contributed by atoms with E-state index in [1.807, 2.05) is 6.07 Å². The van der Waals surface area contributed by atoms with Crippen LogP contribution in [0.4, 0.5) is 0 Å². The monoisotopic (exact) mass is 692 g/mol. The van der Waals surface area contributed by atoms with E-state index in [4.69, 9.17) is 0 Å². The summed E-state index contributed by atoms with van der Waals surface area (Å²) in [6, 6.07) is 26.5. The Hall–Kier alpha value is -1.44. The Morgan fingerprint density at radius 1 is 0.762 bits per heavy atom. The molecule has 0 N–H and O–H groups in total. The van der Waals surface area contributed by atoms with Crippen molar-refractivity contribution in [3.05, 3.63) is 112 Å². The van der Waals surface area contributed by atoms with Gasteiger partial charge in [-0.15, -0.1) is 39.7 Å². The molecule has 0 spiro atoms. The second kappa shape index (κ2) is 15.5. The minimum absolute atomic E-state index is 0. The Balaban J connectivity index is 0.000000354. The van der Waals surface area contributed by atoms with E-state index in [0.717, 1.165) is 0 Å². The fourth-order valence-corrected chi connectivity index (χ4v) is 7.57. The normalized spacial score (nSPS) is 14.8. The average Bonchev–Trinajstić information content (AvgIpc) is 3.42. The molecule has 1 unspecified atom stereocenters. The average molecular weight is 695 g/mol. The summed E-state index contributed by atoms with van der Waals surface area (Å²) in [4.78, 5) is 0. The zero-order chi connectivity index (χ0) is 29.9. The van der Waals surface area contributed by atoms with Crippen LogP contribution >= 0.6 is 0 Å². The molecule has 1 atom stereocenters. The summed E-state index contributed by atoms with van der Waals surface area (Å²) in [5.74, 6) is 0.553. The first-order valence-corrected chi connectivity index (χ1v) is 19.4. The quantitative estimate of drug-likeness (QED) is 0.207. The van der Waals surface area contributed by atoms with Gasteiger partial charge in [0.25, 0.3) is 0 Å². The molecule has 0 heterocycles. The van der Waals surface area contributed by atoms with Crippen molar-refractivity contribution in [2.75, 3.05) is 0 Å². The van der Waals surface area contributed by atoms with Crippen LogP contribution in [0.2, 0.25) is 19.6 Å². The molecule has 0 radical (unpaired) electrons. The van der Waals surface area contributed by atoms with Gasteiger partial charge in [-0.3, -0.25) is 6.08 Å². The Labute approximate surface area is 284 Å². The van der Waals surface area contributed by atoms with Crippen molar-refractivity contribution in [3.8, 4) is 0 Å². The van der Waals surface area contributed by atoms with Crippen LogP contribution in [0.3, 0.4) is 0 Å². The third-order valence-corrected chi connectivity index (χ3v) is 10.5. The predicted molar refractivity (Wildman–Crippen MR) is 179 cm³/mol. The summed E-state index contributed by atoms with van der Waals surface area (Å²) in [6.07, 6.45) is 5.81. The number of halogens is 2. The van der Waals surface area contributed by atoms with Gasteiger partial charge in [0.15, 0.2) is 0 Å². The van der Waals surface area contributed by atoms with E-state index < -0.39 is 8.07 Å². The fourth-order valence-electron chi connectivity index (χ4n) is 5.15. The molecule has 0 aromatic heterocycles. The van der Waals surface area contributed by atoms with Crippen LogP contribution < -0.4 is 24.8 Å². The first-order chi connectivity index (χ1) is 18.5. The molecule has 0 nitrogen and oxygen atoms in total. The van der Waals surface area contributed by atoms with Crippen molar-refractivity contribution in [3.63, 3.8) is 0 Å². The molecule has 1 aliphatic rings. The van der Waals surface area contributed by atoms with Crippen molar-refractivity contribution in [1.29, 1.82) is 0 Å². The van der Waals surface area contributed by atoms with E-state index in [9.17, 15) is 0 Å². The first kappa shape index (κ1) is 38.6. The van der Waals surface area contributed by atoms with Gasteiger partial charge in [-0.2, -0.15) is 6.08 Å². The number of fused-ring (bicyclic) bond motifs is 3. The third kappa shape index (κ3) is 10.3. The summed E-state index contributed by atoms with van der Waals surface area (Å²) >= 11 is 1.46. The van der Waals surface area contributed by atoms with Crippen LogP contribution in [0.15, 0.2) is 89.6 Å². The summed E-state index contributed by atoms with van der Waals surface area (Å²) in [5.41, 5.74) is 5.94. The van der Waals surface area contributed by atoms with Crippen molar-refractivity contribution < 1.29 is 49.0 Å². The summed E-state index contributed by atoms with van der Waals surface area (Å²) in [7, 11) is -1.07. The molecule has 42 heavy (non-hydrogen) atoms. The van der Waals surface area contributed by atoms with E-state index >= 15 is 0 Å². The Morgan fingerprint density at radius 2 is 1.21 bits per heavy atom. The molecule has 0 amide bonds. The topological polar surface area (TPSA) is 0 Å². The van der Waals surface area contributed by atoms with Crippen LogP contribution in [0.5, 0.6) is 0 Å². The minimum atomic E-state index is -1.07. The number of hydrogen-bond donors (Lipinski definition) is 0. The molecule has 4 aromatic rings. The molecule has 0 aliphatic heterocycles. The Morgan fingerprint density at radius 3 is 1.50 bits per heavy atom. The van der Waals surface area contributed by atoms with Crippen LogP contribution in [0.25, 0.3) is 21.5 Å². The zero-order valence-electron chi connectivity index (χ0n) is 27.4. The standard InChI is InChI=1S/C21H25.C10H17Si.C7H6.2ClH.Zr/c1-20(2,3)16-7-9-18-14(12-16)11-15-13-17(21(4,5)6)8-10-19(15)18;1-8-6-9(2)10(7-8)11(3,4)5;1-7-5-3-2-4-6-7;;;/h7-13H,1-6H3;7-8H,1-5H3;1-6H;2*1H;/q2*-1;;;;+2/p-2. The Kier molecular flexibility index (Phi) is 14.3. The van der Waals surface area contributed by atoms with Crippen molar-refractivity contribution >= 4 is 33.3 Å². The van der Waals surface area contributed by atoms with Crippen molar-refractivity contribution in [1.82, 2.24) is 0 Å². The van der Waals surface area contributed by atoms with Gasteiger partial charge in [0.05, 0.1) is 0 Å².